The Balaban J connectivity index is 3.66. The molecule has 0 aliphatic heterocycles. The van der Waals surface area contributed by atoms with Crippen LogP contribution in [0.1, 0.15) is 15.9 Å². The Hall–Kier alpha value is -1.62. The second-order valence-electron chi connectivity index (χ2n) is 2.67. The normalized spacial score (nSPS) is 9.86. The van der Waals surface area contributed by atoms with Crippen molar-refractivity contribution < 1.29 is 9.90 Å². The van der Waals surface area contributed by atoms with E-state index in [1.54, 1.807) is 0 Å². The van der Waals surface area contributed by atoms with Crippen LogP contribution in [-0.4, -0.2) is 22.0 Å². The summed E-state index contributed by atoms with van der Waals surface area (Å²) < 4.78 is 1.14. The van der Waals surface area contributed by atoms with E-state index >= 15 is 0 Å². The van der Waals surface area contributed by atoms with Crippen molar-refractivity contribution in [2.45, 2.75) is 6.92 Å². The van der Waals surface area contributed by atoms with E-state index < -0.39 is 5.97 Å². The second kappa shape index (κ2) is 3.63. The van der Waals surface area contributed by atoms with Gasteiger partial charge in [0.05, 0.1) is 16.9 Å². The van der Waals surface area contributed by atoms with Crippen molar-refractivity contribution in [2.75, 3.05) is 0 Å². The number of carboxylic acid groups (broad SMARTS) is 1. The van der Waals surface area contributed by atoms with Crippen LogP contribution in [0.25, 0.3) is 0 Å². The molecule has 14 heavy (non-hydrogen) atoms. The van der Waals surface area contributed by atoms with Gasteiger partial charge in [-0.3, -0.25) is 15.4 Å². The third-order valence-electron chi connectivity index (χ3n) is 1.83. The number of carboxylic acids is 1. The Labute approximate surface area is 84.6 Å². The van der Waals surface area contributed by atoms with Gasteiger partial charge in [0.2, 0.25) is 0 Å². The molecule has 6 heteroatoms. The Bertz CT molecular complexity index is 464. The van der Waals surface area contributed by atoms with Gasteiger partial charge in [0.25, 0.3) is 0 Å². The molecule has 1 aromatic heterocycles. The number of hydrogen-bond donors (Lipinski definition) is 3. The number of aromatic nitrogens is 1. The molecular weight excluding hydrogens is 206 g/mol. The van der Waals surface area contributed by atoms with E-state index in [2.05, 4.69) is 0 Å². The fourth-order valence-electron chi connectivity index (χ4n) is 1.11. The number of hydrogen-bond acceptors (Lipinski definition) is 3. The SMILES string of the molecule is Cc1c(C(=O)O)c(Cl)cn(C=N)c1=N. The number of pyridine rings is 1. The van der Waals surface area contributed by atoms with Gasteiger partial charge in [-0.15, -0.1) is 0 Å². The van der Waals surface area contributed by atoms with Crippen molar-refractivity contribution in [3.8, 4) is 0 Å². The van der Waals surface area contributed by atoms with Crippen LogP contribution in [0.2, 0.25) is 5.02 Å². The van der Waals surface area contributed by atoms with Crippen molar-refractivity contribution in [2.24, 2.45) is 0 Å². The predicted octanol–water partition coefficient (Wildman–Crippen LogP) is 1.08. The smallest absolute Gasteiger partial charge is 0.337 e. The summed E-state index contributed by atoms with van der Waals surface area (Å²) in [6.45, 7) is 1.48. The summed E-state index contributed by atoms with van der Waals surface area (Å²) in [5, 5.41) is 23.3. The minimum atomic E-state index is -1.17. The lowest BCUT2D eigenvalue weighted by Crippen LogP contribution is -2.24. The first-order valence-electron chi connectivity index (χ1n) is 3.68. The molecule has 0 fully saturated rings. The fraction of sp³-hybridized carbons (Fsp3) is 0.125. The minimum Gasteiger partial charge on any atom is -0.478 e. The van der Waals surface area contributed by atoms with Crippen molar-refractivity contribution >= 4 is 23.9 Å². The van der Waals surface area contributed by atoms with Gasteiger partial charge >= 0.3 is 5.97 Å². The zero-order chi connectivity index (χ0) is 10.9. The van der Waals surface area contributed by atoms with Gasteiger partial charge in [-0.1, -0.05) is 11.6 Å². The molecule has 0 saturated carbocycles. The third-order valence-corrected chi connectivity index (χ3v) is 2.12. The summed E-state index contributed by atoms with van der Waals surface area (Å²) in [4.78, 5) is 10.8. The van der Waals surface area contributed by atoms with Crippen molar-refractivity contribution in [1.29, 1.82) is 10.8 Å². The van der Waals surface area contributed by atoms with E-state index in [-0.39, 0.29) is 21.6 Å². The largest absolute Gasteiger partial charge is 0.478 e. The molecule has 1 heterocycles. The topological polar surface area (TPSA) is 89.9 Å². The number of nitrogens with zero attached hydrogens (tertiary/aromatic N) is 1. The molecule has 0 atom stereocenters. The maximum absolute atomic E-state index is 10.8. The lowest BCUT2D eigenvalue weighted by molar-refractivity contribution is 0.0696. The number of carbonyl (C=O) groups is 1. The Morgan fingerprint density at radius 2 is 2.29 bits per heavy atom. The van der Waals surface area contributed by atoms with Gasteiger partial charge in [0.1, 0.15) is 5.49 Å². The van der Waals surface area contributed by atoms with Gasteiger partial charge in [-0.05, 0) is 6.92 Å². The Morgan fingerprint density at radius 3 is 2.71 bits per heavy atom. The first kappa shape index (κ1) is 10.5. The highest BCUT2D eigenvalue weighted by Gasteiger charge is 2.14. The summed E-state index contributed by atoms with van der Waals surface area (Å²) >= 11 is 5.69. The highest BCUT2D eigenvalue weighted by atomic mass is 35.5. The van der Waals surface area contributed by atoms with Gasteiger partial charge in [0.15, 0.2) is 0 Å². The number of rotatable bonds is 2. The minimum absolute atomic E-state index is 0.0227. The summed E-state index contributed by atoms with van der Waals surface area (Å²) in [7, 11) is 0. The Kier molecular flexibility index (Phi) is 2.71. The summed E-state index contributed by atoms with van der Waals surface area (Å²) in [5.41, 5.74) is 0.102. The zero-order valence-electron chi connectivity index (χ0n) is 7.34. The van der Waals surface area contributed by atoms with Crippen LogP contribution in [0.4, 0.5) is 0 Å². The van der Waals surface area contributed by atoms with Crippen LogP contribution < -0.4 is 5.49 Å². The molecular formula is C8H8ClN3O2. The lowest BCUT2D eigenvalue weighted by Gasteiger charge is -2.07. The highest BCUT2D eigenvalue weighted by molar-refractivity contribution is 6.33. The van der Waals surface area contributed by atoms with Crippen molar-refractivity contribution in [1.82, 2.24) is 4.57 Å². The monoisotopic (exact) mass is 213 g/mol. The summed E-state index contributed by atoms with van der Waals surface area (Å²) in [6.07, 6.45) is 2.13. The molecule has 0 radical (unpaired) electrons. The Morgan fingerprint density at radius 1 is 1.71 bits per heavy atom. The average molecular weight is 214 g/mol. The number of halogens is 1. The van der Waals surface area contributed by atoms with E-state index in [1.807, 2.05) is 0 Å². The van der Waals surface area contributed by atoms with Crippen molar-refractivity contribution in [3.63, 3.8) is 0 Å². The maximum atomic E-state index is 10.8. The van der Waals surface area contributed by atoms with Gasteiger partial charge in [0, 0.05) is 11.8 Å². The predicted molar refractivity (Wildman–Crippen MR) is 51.2 cm³/mol. The molecule has 1 rings (SSSR count). The highest BCUT2D eigenvalue weighted by Crippen LogP contribution is 2.15. The summed E-state index contributed by atoms with van der Waals surface area (Å²) in [5.74, 6) is -1.17. The standard InChI is InChI=1S/C8H8ClN3O2/c1-4-6(8(13)14)5(9)2-12(3-10)7(4)11/h2-3,10-11H,1H3,(H,13,14). The molecule has 3 N–H and O–H groups in total. The van der Waals surface area contributed by atoms with E-state index in [9.17, 15) is 4.79 Å². The van der Waals surface area contributed by atoms with Crippen LogP contribution >= 0.6 is 11.6 Å². The van der Waals surface area contributed by atoms with Crippen LogP contribution in [0.15, 0.2) is 6.20 Å². The molecule has 0 aliphatic carbocycles. The van der Waals surface area contributed by atoms with E-state index in [4.69, 9.17) is 27.5 Å². The molecule has 0 spiro atoms. The molecule has 0 saturated heterocycles. The fourth-order valence-corrected chi connectivity index (χ4v) is 1.43. The molecule has 0 aliphatic rings. The third kappa shape index (κ3) is 1.54. The van der Waals surface area contributed by atoms with E-state index in [1.165, 1.54) is 13.1 Å². The van der Waals surface area contributed by atoms with Gasteiger partial charge in [-0.25, -0.2) is 4.79 Å². The van der Waals surface area contributed by atoms with Crippen LogP contribution in [0.3, 0.4) is 0 Å². The average Bonchev–Trinajstić information content (AvgIpc) is 2.10. The molecule has 0 aromatic carbocycles. The number of aromatic carboxylic acids is 1. The van der Waals surface area contributed by atoms with Crippen LogP contribution in [0.5, 0.6) is 0 Å². The lowest BCUT2D eigenvalue weighted by atomic mass is 10.1. The van der Waals surface area contributed by atoms with Gasteiger partial charge < -0.3 is 5.11 Å². The molecule has 74 valence electrons. The molecule has 0 amide bonds. The quantitative estimate of drug-likeness (QED) is 0.507. The molecule has 0 unspecified atom stereocenters. The molecule has 0 bridgehead atoms. The second-order valence-corrected chi connectivity index (χ2v) is 3.07. The molecule has 1 aromatic rings. The van der Waals surface area contributed by atoms with E-state index in [0.29, 0.717) is 0 Å². The van der Waals surface area contributed by atoms with E-state index in [0.717, 1.165) is 10.9 Å². The molecule has 5 nitrogen and oxygen atoms in total. The van der Waals surface area contributed by atoms with Gasteiger partial charge in [-0.2, -0.15) is 0 Å². The maximum Gasteiger partial charge on any atom is 0.337 e. The van der Waals surface area contributed by atoms with Crippen LogP contribution in [-0.2, 0) is 0 Å². The van der Waals surface area contributed by atoms with Crippen molar-refractivity contribution in [3.05, 3.63) is 27.8 Å². The van der Waals surface area contributed by atoms with Crippen LogP contribution in [0, 0.1) is 17.7 Å². The first-order valence-corrected chi connectivity index (χ1v) is 4.06. The summed E-state index contributed by atoms with van der Waals surface area (Å²) in [6, 6.07) is 0. The first-order chi connectivity index (χ1) is 6.49. The number of nitrogens with one attached hydrogen (secondary N) is 2. The zero-order valence-corrected chi connectivity index (χ0v) is 8.09.